The molecule has 2 aromatic rings. The standard InChI is InChI=1S/C19H26N4O2/c1-5-18(24)21-8-10-22(11-9-21)19(25)15-6-7-17-16(12-15)20-14(4)23(17)13(2)3/h6-7,12-13H,5,8-11H2,1-4H3. The summed E-state index contributed by atoms with van der Waals surface area (Å²) in [5.74, 6) is 1.13. The van der Waals surface area contributed by atoms with Crippen molar-refractivity contribution >= 4 is 22.8 Å². The maximum absolute atomic E-state index is 12.8. The zero-order valence-electron chi connectivity index (χ0n) is 15.5. The molecule has 0 N–H and O–H groups in total. The van der Waals surface area contributed by atoms with E-state index < -0.39 is 0 Å². The van der Waals surface area contributed by atoms with Gasteiger partial charge in [0.1, 0.15) is 5.82 Å². The third-order valence-corrected chi connectivity index (χ3v) is 4.85. The van der Waals surface area contributed by atoms with Crippen molar-refractivity contribution in [3.05, 3.63) is 29.6 Å². The van der Waals surface area contributed by atoms with Crippen LogP contribution in [0.15, 0.2) is 18.2 Å². The highest BCUT2D eigenvalue weighted by Gasteiger charge is 2.24. The number of piperazine rings is 1. The summed E-state index contributed by atoms with van der Waals surface area (Å²) >= 11 is 0. The van der Waals surface area contributed by atoms with Crippen molar-refractivity contribution in [2.75, 3.05) is 26.2 Å². The van der Waals surface area contributed by atoms with Gasteiger partial charge in [0, 0.05) is 44.2 Å². The van der Waals surface area contributed by atoms with E-state index in [4.69, 9.17) is 0 Å². The number of rotatable bonds is 3. The first kappa shape index (κ1) is 17.5. The van der Waals surface area contributed by atoms with E-state index in [2.05, 4.69) is 23.4 Å². The summed E-state index contributed by atoms with van der Waals surface area (Å²) in [6, 6.07) is 6.08. The van der Waals surface area contributed by atoms with Gasteiger partial charge in [0.05, 0.1) is 11.0 Å². The Balaban J connectivity index is 1.78. The highest BCUT2D eigenvalue weighted by Crippen LogP contribution is 2.22. The number of hydrogen-bond acceptors (Lipinski definition) is 3. The first-order valence-corrected chi connectivity index (χ1v) is 8.98. The summed E-state index contributed by atoms with van der Waals surface area (Å²) in [6.07, 6.45) is 0.516. The van der Waals surface area contributed by atoms with Gasteiger partial charge in [0.2, 0.25) is 5.91 Å². The van der Waals surface area contributed by atoms with Crippen LogP contribution >= 0.6 is 0 Å². The molecule has 0 saturated carbocycles. The number of fused-ring (bicyclic) bond motifs is 1. The van der Waals surface area contributed by atoms with Gasteiger partial charge in [-0.05, 0) is 39.0 Å². The van der Waals surface area contributed by atoms with Gasteiger partial charge in [0.15, 0.2) is 0 Å². The van der Waals surface area contributed by atoms with Crippen molar-refractivity contribution < 1.29 is 9.59 Å². The van der Waals surface area contributed by atoms with Crippen LogP contribution < -0.4 is 0 Å². The van der Waals surface area contributed by atoms with Gasteiger partial charge in [-0.2, -0.15) is 0 Å². The Hall–Kier alpha value is -2.37. The molecule has 1 aliphatic heterocycles. The van der Waals surface area contributed by atoms with E-state index >= 15 is 0 Å². The smallest absolute Gasteiger partial charge is 0.254 e. The SMILES string of the molecule is CCC(=O)N1CCN(C(=O)c2ccc3c(c2)nc(C)n3C(C)C)CC1. The van der Waals surface area contributed by atoms with Crippen molar-refractivity contribution in [3.8, 4) is 0 Å². The molecule has 1 fully saturated rings. The lowest BCUT2D eigenvalue weighted by molar-refractivity contribution is -0.132. The van der Waals surface area contributed by atoms with Crippen LogP contribution in [0.4, 0.5) is 0 Å². The van der Waals surface area contributed by atoms with E-state index in [-0.39, 0.29) is 11.8 Å². The monoisotopic (exact) mass is 342 g/mol. The molecule has 0 spiro atoms. The maximum atomic E-state index is 12.8. The van der Waals surface area contributed by atoms with E-state index in [1.807, 2.05) is 41.8 Å². The molecule has 0 atom stereocenters. The summed E-state index contributed by atoms with van der Waals surface area (Å²) in [4.78, 5) is 32.8. The summed E-state index contributed by atoms with van der Waals surface area (Å²) in [6.45, 7) is 10.5. The molecule has 1 aromatic heterocycles. The number of carbonyl (C=O) groups excluding carboxylic acids is 2. The Bertz CT molecular complexity index is 801. The summed E-state index contributed by atoms with van der Waals surface area (Å²) in [5, 5.41) is 0. The third-order valence-electron chi connectivity index (χ3n) is 4.85. The summed E-state index contributed by atoms with van der Waals surface area (Å²) < 4.78 is 2.18. The largest absolute Gasteiger partial charge is 0.339 e. The Morgan fingerprint density at radius 1 is 1.12 bits per heavy atom. The van der Waals surface area contributed by atoms with E-state index in [0.29, 0.717) is 44.2 Å². The van der Waals surface area contributed by atoms with Crippen molar-refractivity contribution in [2.24, 2.45) is 0 Å². The summed E-state index contributed by atoms with van der Waals surface area (Å²) in [7, 11) is 0. The molecule has 1 aliphatic rings. The van der Waals surface area contributed by atoms with Gasteiger partial charge < -0.3 is 14.4 Å². The van der Waals surface area contributed by atoms with Crippen molar-refractivity contribution in [3.63, 3.8) is 0 Å². The van der Waals surface area contributed by atoms with Crippen molar-refractivity contribution in [1.82, 2.24) is 19.4 Å². The van der Waals surface area contributed by atoms with Crippen LogP contribution in [-0.4, -0.2) is 57.3 Å². The molecule has 2 heterocycles. The van der Waals surface area contributed by atoms with E-state index in [1.54, 1.807) is 0 Å². The highest BCUT2D eigenvalue weighted by atomic mass is 16.2. The number of aromatic nitrogens is 2. The van der Waals surface area contributed by atoms with Gasteiger partial charge in [-0.1, -0.05) is 6.92 Å². The predicted molar refractivity (Wildman–Crippen MR) is 97.6 cm³/mol. The molecule has 6 nitrogen and oxygen atoms in total. The van der Waals surface area contributed by atoms with Gasteiger partial charge in [-0.25, -0.2) is 4.98 Å². The Morgan fingerprint density at radius 3 is 2.36 bits per heavy atom. The topological polar surface area (TPSA) is 58.4 Å². The number of aryl methyl sites for hydroxylation is 1. The Labute approximate surface area is 148 Å². The molecule has 134 valence electrons. The van der Waals surface area contributed by atoms with Crippen LogP contribution in [0.5, 0.6) is 0 Å². The summed E-state index contributed by atoms with van der Waals surface area (Å²) in [5.41, 5.74) is 2.58. The van der Waals surface area contributed by atoms with Crippen LogP contribution in [0.3, 0.4) is 0 Å². The normalized spacial score (nSPS) is 15.2. The van der Waals surface area contributed by atoms with E-state index in [0.717, 1.165) is 16.9 Å². The maximum Gasteiger partial charge on any atom is 0.254 e. The van der Waals surface area contributed by atoms with Crippen molar-refractivity contribution in [1.29, 1.82) is 0 Å². The molecular weight excluding hydrogens is 316 g/mol. The lowest BCUT2D eigenvalue weighted by Gasteiger charge is -2.34. The fraction of sp³-hybridized carbons (Fsp3) is 0.526. The number of nitrogens with zero attached hydrogens (tertiary/aromatic N) is 4. The zero-order chi connectivity index (χ0) is 18.1. The molecule has 0 unspecified atom stereocenters. The third kappa shape index (κ3) is 3.25. The number of amides is 2. The minimum atomic E-state index is 0.0160. The number of hydrogen-bond donors (Lipinski definition) is 0. The molecule has 25 heavy (non-hydrogen) atoms. The van der Waals surface area contributed by atoms with Crippen LogP contribution in [0.25, 0.3) is 11.0 Å². The minimum Gasteiger partial charge on any atom is -0.339 e. The fourth-order valence-corrected chi connectivity index (χ4v) is 3.57. The fourth-order valence-electron chi connectivity index (χ4n) is 3.57. The highest BCUT2D eigenvalue weighted by molar-refractivity contribution is 5.97. The second-order valence-electron chi connectivity index (χ2n) is 6.85. The van der Waals surface area contributed by atoms with Gasteiger partial charge in [-0.15, -0.1) is 0 Å². The van der Waals surface area contributed by atoms with Crippen LogP contribution in [0.2, 0.25) is 0 Å². The Morgan fingerprint density at radius 2 is 1.76 bits per heavy atom. The molecular formula is C19H26N4O2. The first-order chi connectivity index (χ1) is 11.9. The minimum absolute atomic E-state index is 0.0160. The average molecular weight is 342 g/mol. The first-order valence-electron chi connectivity index (χ1n) is 8.98. The molecule has 6 heteroatoms. The van der Waals surface area contributed by atoms with E-state index in [1.165, 1.54) is 0 Å². The molecule has 1 aromatic carbocycles. The van der Waals surface area contributed by atoms with E-state index in [9.17, 15) is 9.59 Å². The Kier molecular flexibility index (Phi) is 4.79. The zero-order valence-corrected chi connectivity index (χ0v) is 15.5. The molecule has 1 saturated heterocycles. The quantitative estimate of drug-likeness (QED) is 0.861. The second kappa shape index (κ2) is 6.86. The lowest BCUT2D eigenvalue weighted by Crippen LogP contribution is -2.50. The molecule has 0 aliphatic carbocycles. The molecule has 2 amide bonds. The number of carbonyl (C=O) groups is 2. The van der Waals surface area contributed by atoms with Crippen molar-refractivity contribution in [2.45, 2.75) is 40.2 Å². The van der Waals surface area contributed by atoms with Crippen LogP contribution in [0.1, 0.15) is 49.4 Å². The molecule has 3 rings (SSSR count). The van der Waals surface area contributed by atoms with Gasteiger partial charge in [0.25, 0.3) is 5.91 Å². The average Bonchev–Trinajstić information content (AvgIpc) is 2.95. The number of benzene rings is 1. The van der Waals surface area contributed by atoms with Gasteiger partial charge in [-0.3, -0.25) is 9.59 Å². The van der Waals surface area contributed by atoms with Crippen LogP contribution in [-0.2, 0) is 4.79 Å². The van der Waals surface area contributed by atoms with Gasteiger partial charge >= 0.3 is 0 Å². The predicted octanol–water partition coefficient (Wildman–Crippen LogP) is 2.62. The molecule has 0 radical (unpaired) electrons. The number of imidazole rings is 1. The lowest BCUT2D eigenvalue weighted by atomic mass is 10.1. The molecule has 0 bridgehead atoms. The second-order valence-corrected chi connectivity index (χ2v) is 6.85. The van der Waals surface area contributed by atoms with Crippen LogP contribution in [0, 0.1) is 6.92 Å².